The molecule has 25 heavy (non-hydrogen) atoms. The van der Waals surface area contributed by atoms with Crippen LogP contribution in [-0.2, 0) is 19.5 Å². The predicted octanol–water partition coefficient (Wildman–Crippen LogP) is 3.77. The molecule has 136 valence electrons. The van der Waals surface area contributed by atoms with Crippen LogP contribution in [0.3, 0.4) is 0 Å². The molecule has 3 rings (SSSR count). The van der Waals surface area contributed by atoms with Crippen molar-refractivity contribution in [2.45, 2.75) is 33.4 Å². The van der Waals surface area contributed by atoms with Gasteiger partial charge >= 0.3 is 0 Å². The number of hydrogen-bond acceptors (Lipinski definition) is 3. The molecule has 1 aliphatic heterocycles. The van der Waals surface area contributed by atoms with Gasteiger partial charge in [0.1, 0.15) is 0 Å². The van der Waals surface area contributed by atoms with Gasteiger partial charge < -0.3 is 10.6 Å². The van der Waals surface area contributed by atoms with E-state index < -0.39 is 0 Å². The molecule has 0 saturated carbocycles. The Hall–Kier alpha value is -1.33. The zero-order valence-electron chi connectivity index (χ0n) is 14.2. The monoisotopic (exact) mass is 401 g/mol. The molecule has 0 atom stereocenters. The van der Waals surface area contributed by atoms with Crippen LogP contribution >= 0.6 is 36.4 Å². The molecular weight excluding hydrogens is 381 g/mol. The number of rotatable bonds is 3. The molecule has 1 aromatic carbocycles. The molecule has 0 spiro atoms. The summed E-state index contributed by atoms with van der Waals surface area (Å²) in [5.41, 5.74) is 6.21. The third kappa shape index (κ3) is 4.85. The Bertz CT molecular complexity index is 765. The summed E-state index contributed by atoms with van der Waals surface area (Å²) in [6.45, 7) is 6.21. The van der Waals surface area contributed by atoms with Crippen LogP contribution in [0.5, 0.6) is 0 Å². The first-order chi connectivity index (χ1) is 11.1. The van der Waals surface area contributed by atoms with E-state index in [1.54, 1.807) is 12.1 Å². The number of aryl methyl sites for hydroxylation is 2. The molecular formula is C18H22Cl3N3O. The van der Waals surface area contributed by atoms with Crippen molar-refractivity contribution in [3.63, 3.8) is 0 Å². The first-order valence-corrected chi connectivity index (χ1v) is 8.15. The van der Waals surface area contributed by atoms with Gasteiger partial charge in [-0.05, 0) is 61.2 Å². The molecule has 0 bridgehead atoms. The summed E-state index contributed by atoms with van der Waals surface area (Å²) in [7, 11) is 0. The summed E-state index contributed by atoms with van der Waals surface area (Å²) in [6, 6.07) is 5.37. The fourth-order valence-electron chi connectivity index (χ4n) is 2.88. The maximum Gasteiger partial charge on any atom is 0.251 e. The van der Waals surface area contributed by atoms with Crippen LogP contribution in [0.2, 0.25) is 5.02 Å². The van der Waals surface area contributed by atoms with Gasteiger partial charge in [-0.1, -0.05) is 17.7 Å². The predicted molar refractivity (Wildman–Crippen MR) is 106 cm³/mol. The highest BCUT2D eigenvalue weighted by Crippen LogP contribution is 2.21. The van der Waals surface area contributed by atoms with Crippen molar-refractivity contribution in [1.82, 2.24) is 15.6 Å². The molecule has 0 aliphatic carbocycles. The lowest BCUT2D eigenvalue weighted by Gasteiger charge is -2.21. The molecule has 0 saturated heterocycles. The normalized spacial score (nSPS) is 12.4. The quantitative estimate of drug-likeness (QED) is 0.821. The van der Waals surface area contributed by atoms with Gasteiger partial charge in [0.25, 0.3) is 5.91 Å². The molecule has 0 fully saturated rings. The summed E-state index contributed by atoms with van der Waals surface area (Å²) in [5, 5.41) is 6.95. The lowest BCUT2D eigenvalue weighted by atomic mass is 9.96. The van der Waals surface area contributed by atoms with E-state index in [0.29, 0.717) is 17.1 Å². The number of aromatic nitrogens is 1. The van der Waals surface area contributed by atoms with Crippen molar-refractivity contribution in [1.29, 1.82) is 0 Å². The maximum atomic E-state index is 12.4. The topological polar surface area (TPSA) is 54.0 Å². The first kappa shape index (κ1) is 21.7. The number of hydrogen-bond donors (Lipinski definition) is 2. The molecule has 0 unspecified atom stereocenters. The lowest BCUT2D eigenvalue weighted by molar-refractivity contribution is 0.0950. The summed E-state index contributed by atoms with van der Waals surface area (Å²) in [5.74, 6) is -0.113. The summed E-state index contributed by atoms with van der Waals surface area (Å²) >= 11 is 6.10. The summed E-state index contributed by atoms with van der Waals surface area (Å²) in [6.07, 6.45) is 2.90. The van der Waals surface area contributed by atoms with Gasteiger partial charge in [-0.3, -0.25) is 9.78 Å². The Morgan fingerprint density at radius 1 is 1.32 bits per heavy atom. The summed E-state index contributed by atoms with van der Waals surface area (Å²) < 4.78 is 0. The van der Waals surface area contributed by atoms with Crippen molar-refractivity contribution in [3.05, 3.63) is 62.9 Å². The van der Waals surface area contributed by atoms with Crippen LogP contribution in [0.4, 0.5) is 0 Å². The molecule has 1 amide bonds. The second-order valence-corrected chi connectivity index (χ2v) is 6.31. The highest BCUT2D eigenvalue weighted by molar-refractivity contribution is 6.31. The fourth-order valence-corrected chi connectivity index (χ4v) is 3.06. The zero-order chi connectivity index (χ0) is 16.4. The third-order valence-corrected chi connectivity index (χ3v) is 4.74. The van der Waals surface area contributed by atoms with Crippen LogP contribution < -0.4 is 10.6 Å². The number of halogens is 3. The Morgan fingerprint density at radius 2 is 2.08 bits per heavy atom. The van der Waals surface area contributed by atoms with E-state index in [1.165, 1.54) is 11.1 Å². The van der Waals surface area contributed by atoms with E-state index >= 15 is 0 Å². The van der Waals surface area contributed by atoms with Crippen LogP contribution in [-0.4, -0.2) is 17.4 Å². The van der Waals surface area contributed by atoms with Crippen LogP contribution in [0, 0.1) is 13.8 Å². The van der Waals surface area contributed by atoms with Crippen molar-refractivity contribution < 1.29 is 4.79 Å². The average Bonchev–Trinajstić information content (AvgIpc) is 2.56. The number of carbonyl (C=O) groups excluding carboxylic acids is 1. The number of benzene rings is 1. The number of nitrogens with zero attached hydrogens (tertiary/aromatic N) is 1. The molecule has 2 aromatic rings. The lowest BCUT2D eigenvalue weighted by Crippen LogP contribution is -2.28. The SMILES string of the molecule is Cc1ccc(C(=O)NCc2c(C)ncc3c2CCNC3)cc1Cl.Cl.Cl. The van der Waals surface area contributed by atoms with E-state index in [1.807, 2.05) is 26.1 Å². The van der Waals surface area contributed by atoms with Gasteiger partial charge in [0.15, 0.2) is 0 Å². The largest absolute Gasteiger partial charge is 0.348 e. The first-order valence-electron chi connectivity index (χ1n) is 7.77. The summed E-state index contributed by atoms with van der Waals surface area (Å²) in [4.78, 5) is 16.8. The average molecular weight is 403 g/mol. The second kappa shape index (κ2) is 9.39. The Kier molecular flexibility index (Phi) is 8.16. The molecule has 1 aliphatic rings. The number of nitrogens with one attached hydrogen (secondary N) is 2. The highest BCUT2D eigenvalue weighted by atomic mass is 35.5. The Labute approximate surface area is 165 Å². The minimum absolute atomic E-state index is 0. The van der Waals surface area contributed by atoms with Crippen LogP contribution in [0.1, 0.15) is 38.3 Å². The Balaban J connectivity index is 0.00000156. The van der Waals surface area contributed by atoms with E-state index in [2.05, 4.69) is 15.6 Å². The van der Waals surface area contributed by atoms with Crippen molar-refractivity contribution in [2.75, 3.05) is 6.54 Å². The van der Waals surface area contributed by atoms with Gasteiger partial charge in [-0.2, -0.15) is 0 Å². The number of amides is 1. The minimum atomic E-state index is -0.113. The third-order valence-electron chi connectivity index (χ3n) is 4.33. The van der Waals surface area contributed by atoms with Gasteiger partial charge in [0, 0.05) is 35.6 Å². The Morgan fingerprint density at radius 3 is 2.80 bits per heavy atom. The second-order valence-electron chi connectivity index (χ2n) is 5.90. The minimum Gasteiger partial charge on any atom is -0.348 e. The van der Waals surface area contributed by atoms with E-state index in [4.69, 9.17) is 11.6 Å². The highest BCUT2D eigenvalue weighted by Gasteiger charge is 2.16. The van der Waals surface area contributed by atoms with Gasteiger partial charge in [-0.25, -0.2) is 0 Å². The van der Waals surface area contributed by atoms with Gasteiger partial charge in [0.2, 0.25) is 0 Å². The number of pyridine rings is 1. The van der Waals surface area contributed by atoms with E-state index in [0.717, 1.165) is 36.3 Å². The smallest absolute Gasteiger partial charge is 0.251 e. The van der Waals surface area contributed by atoms with Gasteiger partial charge in [-0.15, -0.1) is 24.8 Å². The van der Waals surface area contributed by atoms with Crippen LogP contribution in [0.25, 0.3) is 0 Å². The van der Waals surface area contributed by atoms with E-state index in [9.17, 15) is 4.79 Å². The van der Waals surface area contributed by atoms with Crippen molar-refractivity contribution in [2.24, 2.45) is 0 Å². The van der Waals surface area contributed by atoms with Crippen molar-refractivity contribution >= 4 is 42.3 Å². The molecule has 2 heterocycles. The number of fused-ring (bicyclic) bond motifs is 1. The molecule has 2 N–H and O–H groups in total. The van der Waals surface area contributed by atoms with Crippen LogP contribution in [0.15, 0.2) is 24.4 Å². The van der Waals surface area contributed by atoms with Gasteiger partial charge in [0.05, 0.1) is 0 Å². The molecule has 7 heteroatoms. The molecule has 4 nitrogen and oxygen atoms in total. The zero-order valence-corrected chi connectivity index (χ0v) is 16.6. The van der Waals surface area contributed by atoms with Crippen molar-refractivity contribution in [3.8, 4) is 0 Å². The standard InChI is InChI=1S/C18H20ClN3O.2ClH/c1-11-3-4-13(7-17(11)19)18(23)22-10-16-12(2)21-9-14-8-20-6-5-15(14)16;;/h3-4,7,9,20H,5-6,8,10H2,1-2H3,(H,22,23);2*1H. The molecule has 0 radical (unpaired) electrons. The van der Waals surface area contributed by atoms with E-state index in [-0.39, 0.29) is 30.7 Å². The number of carbonyl (C=O) groups is 1. The molecule has 1 aromatic heterocycles. The fraction of sp³-hybridized carbons (Fsp3) is 0.333. The maximum absolute atomic E-state index is 12.4.